The maximum absolute atomic E-state index is 13.3. The number of nitrogens with zero attached hydrogens (tertiary/aromatic N) is 3. The molecule has 0 saturated carbocycles. The van der Waals surface area contributed by atoms with Crippen LogP contribution in [0.15, 0.2) is 65.3 Å². The molecule has 150 valence electrons. The van der Waals surface area contributed by atoms with E-state index in [0.29, 0.717) is 21.2 Å². The van der Waals surface area contributed by atoms with E-state index in [4.69, 9.17) is 23.2 Å². The Labute approximate surface area is 186 Å². The third-order valence-electron chi connectivity index (χ3n) is 4.50. The molecule has 3 aromatic rings. The van der Waals surface area contributed by atoms with Crippen LogP contribution in [0.3, 0.4) is 0 Å². The third-order valence-corrected chi connectivity index (χ3v) is 7.23. The van der Waals surface area contributed by atoms with Crippen LogP contribution in [0, 0.1) is 0 Å². The minimum atomic E-state index is -4.05. The first kappa shape index (κ1) is 20.3. The molecule has 0 radical (unpaired) electrons. The number of carbonyl (C=O) groups is 1. The largest absolute Gasteiger partial charge is 0.341 e. The lowest BCUT2D eigenvalue weighted by atomic mass is 10.2. The average molecular weight is 515 g/mol. The lowest BCUT2D eigenvalue weighted by Gasteiger charge is -2.36. The van der Waals surface area contributed by atoms with E-state index in [0.717, 1.165) is 12.8 Å². The molecule has 0 atom stereocenters. The van der Waals surface area contributed by atoms with E-state index >= 15 is 0 Å². The van der Waals surface area contributed by atoms with Crippen LogP contribution in [-0.4, -0.2) is 22.7 Å². The number of halogens is 3. The number of anilines is 1. The average Bonchev–Trinajstić information content (AvgIpc) is 3.15. The van der Waals surface area contributed by atoms with Crippen molar-refractivity contribution in [1.82, 2.24) is 8.28 Å². The first-order chi connectivity index (χ1) is 13.8. The molecule has 0 bridgehead atoms. The van der Waals surface area contributed by atoms with E-state index in [1.54, 1.807) is 48.5 Å². The molecular weight excluding hydrogens is 501 g/mol. The number of aromatic nitrogens is 1. The zero-order valence-corrected chi connectivity index (χ0v) is 18.7. The molecular formula is C19H14BrCl2N3O3S. The van der Waals surface area contributed by atoms with E-state index in [-0.39, 0.29) is 18.9 Å². The van der Waals surface area contributed by atoms with Gasteiger partial charge in [-0.1, -0.05) is 57.3 Å². The molecule has 1 aromatic heterocycles. The van der Waals surface area contributed by atoms with Crippen LogP contribution in [-0.2, 0) is 23.3 Å². The first-order valence-corrected chi connectivity index (χ1v) is 11.4. The summed E-state index contributed by atoms with van der Waals surface area (Å²) in [7, 11) is -4.05. The van der Waals surface area contributed by atoms with Crippen LogP contribution in [0.1, 0.15) is 11.1 Å². The second-order valence-electron chi connectivity index (χ2n) is 6.41. The second kappa shape index (κ2) is 7.68. The Bertz CT molecular complexity index is 1210. The molecule has 29 heavy (non-hydrogen) atoms. The van der Waals surface area contributed by atoms with Crippen LogP contribution in [0.4, 0.5) is 10.6 Å². The van der Waals surface area contributed by atoms with E-state index in [9.17, 15) is 13.2 Å². The molecule has 0 unspecified atom stereocenters. The molecule has 0 fully saturated rings. The van der Waals surface area contributed by atoms with Crippen LogP contribution < -0.4 is 4.90 Å². The van der Waals surface area contributed by atoms with Gasteiger partial charge in [-0.05, 0) is 47.5 Å². The molecule has 2 amide bonds. The number of hydrogen-bond donors (Lipinski definition) is 0. The Hall–Kier alpha value is -2.00. The summed E-state index contributed by atoms with van der Waals surface area (Å²) >= 11 is 15.6. The highest BCUT2D eigenvalue weighted by Crippen LogP contribution is 2.32. The molecule has 0 spiro atoms. The van der Waals surface area contributed by atoms with Gasteiger partial charge in [-0.15, -0.1) is 0 Å². The van der Waals surface area contributed by atoms with Gasteiger partial charge in [-0.2, -0.15) is 12.7 Å². The van der Waals surface area contributed by atoms with Crippen molar-refractivity contribution >= 4 is 61.2 Å². The second-order valence-corrected chi connectivity index (χ2v) is 9.90. The van der Waals surface area contributed by atoms with Gasteiger partial charge in [0.05, 0.1) is 13.1 Å². The van der Waals surface area contributed by atoms with Gasteiger partial charge in [-0.3, -0.25) is 4.90 Å². The highest BCUT2D eigenvalue weighted by Gasteiger charge is 2.41. The van der Waals surface area contributed by atoms with Crippen molar-refractivity contribution in [3.8, 4) is 0 Å². The quantitative estimate of drug-likeness (QED) is 0.475. The highest BCUT2D eigenvalue weighted by molar-refractivity contribution is 9.10. The molecule has 0 aliphatic carbocycles. The van der Waals surface area contributed by atoms with E-state index in [1.807, 2.05) is 6.07 Å². The lowest BCUT2D eigenvalue weighted by molar-refractivity contribution is 0.225. The molecule has 0 N–H and O–H groups in total. The summed E-state index contributed by atoms with van der Waals surface area (Å²) in [6.07, 6.45) is 1.42. The molecule has 10 heteroatoms. The Balaban J connectivity index is 1.75. The van der Waals surface area contributed by atoms with Gasteiger partial charge in [0.25, 0.3) is 0 Å². The van der Waals surface area contributed by atoms with Gasteiger partial charge in [0, 0.05) is 20.7 Å². The summed E-state index contributed by atoms with van der Waals surface area (Å²) in [5, 5.41) is 0.876. The number of hydrogen-bond acceptors (Lipinski definition) is 3. The Morgan fingerprint density at radius 2 is 1.76 bits per heavy atom. The van der Waals surface area contributed by atoms with Crippen molar-refractivity contribution in [2.24, 2.45) is 0 Å². The molecule has 4 rings (SSSR count). The van der Waals surface area contributed by atoms with Gasteiger partial charge >= 0.3 is 16.2 Å². The van der Waals surface area contributed by atoms with Gasteiger partial charge in [0.15, 0.2) is 0 Å². The van der Waals surface area contributed by atoms with Crippen LogP contribution in [0.25, 0.3) is 0 Å². The van der Waals surface area contributed by atoms with Crippen LogP contribution in [0.5, 0.6) is 0 Å². The van der Waals surface area contributed by atoms with Crippen LogP contribution >= 0.6 is 39.1 Å². The van der Waals surface area contributed by atoms with E-state index in [2.05, 4.69) is 15.9 Å². The third kappa shape index (κ3) is 3.77. The Morgan fingerprint density at radius 3 is 2.48 bits per heavy atom. The Morgan fingerprint density at radius 1 is 0.966 bits per heavy atom. The fourth-order valence-corrected chi connectivity index (χ4v) is 5.47. The zero-order chi connectivity index (χ0) is 20.8. The fourth-order valence-electron chi connectivity index (χ4n) is 3.12. The molecule has 2 aromatic carbocycles. The fraction of sp³-hybridized carbons (Fsp3) is 0.105. The number of urea groups is 1. The van der Waals surface area contributed by atoms with Gasteiger partial charge in [0.1, 0.15) is 5.82 Å². The van der Waals surface area contributed by atoms with Crippen molar-refractivity contribution < 1.29 is 13.2 Å². The summed E-state index contributed by atoms with van der Waals surface area (Å²) in [5.41, 5.74) is 1.33. The topological polar surface area (TPSA) is 62.6 Å². The number of rotatable bonds is 4. The van der Waals surface area contributed by atoms with E-state index < -0.39 is 16.2 Å². The van der Waals surface area contributed by atoms with Gasteiger partial charge < -0.3 is 0 Å². The number of benzene rings is 2. The van der Waals surface area contributed by atoms with Crippen molar-refractivity contribution in [3.05, 3.63) is 86.4 Å². The monoisotopic (exact) mass is 513 g/mol. The normalized spacial score (nSPS) is 15.5. The smallest absolute Gasteiger partial charge is 0.273 e. The number of amides is 2. The Kier molecular flexibility index (Phi) is 5.37. The van der Waals surface area contributed by atoms with Gasteiger partial charge in [-0.25, -0.2) is 8.77 Å². The van der Waals surface area contributed by atoms with Crippen molar-refractivity contribution in [2.75, 3.05) is 4.90 Å². The summed E-state index contributed by atoms with van der Waals surface area (Å²) in [6.45, 7) is 0.00638. The molecule has 6 nitrogen and oxygen atoms in total. The minimum Gasteiger partial charge on any atom is -0.273 e. The van der Waals surface area contributed by atoms with Crippen molar-refractivity contribution in [2.45, 2.75) is 13.1 Å². The molecule has 0 saturated heterocycles. The summed E-state index contributed by atoms with van der Waals surface area (Å²) in [5.74, 6) is 0.256. The number of fused-ring (bicyclic) bond motifs is 1. The predicted molar refractivity (Wildman–Crippen MR) is 116 cm³/mol. The molecule has 1 aliphatic heterocycles. The predicted octanol–water partition coefficient (Wildman–Crippen LogP) is 5.29. The lowest BCUT2D eigenvalue weighted by Crippen LogP contribution is -2.52. The molecule has 2 heterocycles. The van der Waals surface area contributed by atoms with Crippen LogP contribution in [0.2, 0.25) is 10.0 Å². The summed E-state index contributed by atoms with van der Waals surface area (Å²) in [6, 6.07) is 14.6. The van der Waals surface area contributed by atoms with Crippen molar-refractivity contribution in [3.63, 3.8) is 0 Å². The maximum Gasteiger partial charge on any atom is 0.341 e. The van der Waals surface area contributed by atoms with E-state index in [1.165, 1.54) is 11.1 Å². The highest BCUT2D eigenvalue weighted by atomic mass is 79.9. The first-order valence-electron chi connectivity index (χ1n) is 8.48. The SMILES string of the molecule is O=C1N(Cc2ccc(Cl)cc2Cl)c2cccn2S(=O)(=O)N1Cc1cccc(Br)c1. The van der Waals surface area contributed by atoms with Crippen molar-refractivity contribution in [1.29, 1.82) is 0 Å². The van der Waals surface area contributed by atoms with Gasteiger partial charge in [0.2, 0.25) is 0 Å². The summed E-state index contributed by atoms with van der Waals surface area (Å²) < 4.78 is 28.9. The maximum atomic E-state index is 13.3. The minimum absolute atomic E-state index is 0.0942. The standard InChI is InChI=1S/C19H14BrCl2N3O3S/c20-15-4-1-3-13(9-15)11-25-19(26)23(12-14-6-7-16(21)10-17(14)22)18-5-2-8-24(18)29(25,27)28/h1-10H,11-12H2. The zero-order valence-electron chi connectivity index (χ0n) is 14.8. The number of carbonyl (C=O) groups excluding carboxylic acids is 1. The molecule has 1 aliphatic rings. The summed E-state index contributed by atoms with van der Waals surface area (Å²) in [4.78, 5) is 14.6.